The van der Waals surface area contributed by atoms with Crippen molar-refractivity contribution in [3.05, 3.63) is 60.7 Å². The van der Waals surface area contributed by atoms with E-state index >= 15 is 0 Å². The Labute approximate surface area is 168 Å². The highest BCUT2D eigenvalue weighted by Gasteiger charge is 2.17. The number of fused-ring (bicyclic) bond motifs is 1. The first-order chi connectivity index (χ1) is 14.0. The van der Waals surface area contributed by atoms with Crippen LogP contribution in [0.25, 0.3) is 33.3 Å². The molecular formula is C23H22FN3O2. The van der Waals surface area contributed by atoms with Gasteiger partial charge in [0.2, 0.25) is 0 Å². The summed E-state index contributed by atoms with van der Waals surface area (Å²) in [6, 6.07) is 12.5. The Hall–Kier alpha value is -3.41. The smallest absolute Gasteiger partial charge is 0.138 e. The molecule has 0 saturated carbocycles. The van der Waals surface area contributed by atoms with Gasteiger partial charge in [0.05, 0.1) is 36.3 Å². The van der Waals surface area contributed by atoms with E-state index in [2.05, 4.69) is 15.2 Å². The predicted molar refractivity (Wildman–Crippen MR) is 112 cm³/mol. The molecule has 2 aromatic heterocycles. The Balaban J connectivity index is 1.92. The van der Waals surface area contributed by atoms with E-state index in [-0.39, 0.29) is 11.9 Å². The number of rotatable bonds is 6. The van der Waals surface area contributed by atoms with Crippen molar-refractivity contribution in [1.82, 2.24) is 15.2 Å². The van der Waals surface area contributed by atoms with Gasteiger partial charge in [0.1, 0.15) is 17.3 Å². The van der Waals surface area contributed by atoms with Crippen LogP contribution in [0.1, 0.15) is 20.8 Å². The van der Waals surface area contributed by atoms with Crippen LogP contribution in [0.2, 0.25) is 0 Å². The van der Waals surface area contributed by atoms with Crippen LogP contribution < -0.4 is 9.47 Å². The Morgan fingerprint density at radius 1 is 1.03 bits per heavy atom. The van der Waals surface area contributed by atoms with Gasteiger partial charge in [0, 0.05) is 22.6 Å². The Morgan fingerprint density at radius 2 is 1.90 bits per heavy atom. The third kappa shape index (κ3) is 3.92. The van der Waals surface area contributed by atoms with E-state index < -0.39 is 0 Å². The van der Waals surface area contributed by atoms with Crippen LogP contribution in [0.15, 0.2) is 54.9 Å². The van der Waals surface area contributed by atoms with Crippen LogP contribution in [0.3, 0.4) is 0 Å². The zero-order chi connectivity index (χ0) is 20.4. The van der Waals surface area contributed by atoms with Crippen molar-refractivity contribution in [1.29, 1.82) is 0 Å². The molecular weight excluding hydrogens is 369 g/mol. The minimum absolute atomic E-state index is 0.0935. The molecule has 0 spiro atoms. The van der Waals surface area contributed by atoms with Gasteiger partial charge in [0.15, 0.2) is 0 Å². The van der Waals surface area contributed by atoms with Gasteiger partial charge in [-0.15, -0.1) is 0 Å². The average Bonchev–Trinajstić information content (AvgIpc) is 3.16. The lowest BCUT2D eigenvalue weighted by Crippen LogP contribution is -2.07. The second kappa shape index (κ2) is 7.91. The highest BCUT2D eigenvalue weighted by molar-refractivity contribution is 5.89. The molecule has 6 heteroatoms. The van der Waals surface area contributed by atoms with Crippen molar-refractivity contribution >= 4 is 10.9 Å². The maximum Gasteiger partial charge on any atom is 0.138 e. The summed E-state index contributed by atoms with van der Waals surface area (Å²) >= 11 is 0. The normalized spacial score (nSPS) is 11.2. The number of benzene rings is 2. The topological polar surface area (TPSA) is 60.0 Å². The van der Waals surface area contributed by atoms with Gasteiger partial charge in [-0.25, -0.2) is 4.39 Å². The molecule has 2 aromatic carbocycles. The van der Waals surface area contributed by atoms with Gasteiger partial charge in [0.25, 0.3) is 0 Å². The standard InChI is InChI=1S/C23H22FN3O2/c1-4-28-18-11-20(15-5-8-21-16(9-15)12-26-27-21)23(25-13-18)19-7-6-17(24)10-22(19)29-14(2)3/h5-14H,4H2,1-3H3,(H,26,27). The zero-order valence-corrected chi connectivity index (χ0v) is 16.6. The van der Waals surface area contributed by atoms with E-state index in [1.54, 1.807) is 18.5 Å². The minimum Gasteiger partial charge on any atom is -0.492 e. The number of hydrogen-bond acceptors (Lipinski definition) is 4. The third-order valence-corrected chi connectivity index (χ3v) is 4.49. The molecule has 0 amide bonds. The summed E-state index contributed by atoms with van der Waals surface area (Å²) in [4.78, 5) is 4.66. The highest BCUT2D eigenvalue weighted by atomic mass is 19.1. The molecule has 0 saturated heterocycles. The summed E-state index contributed by atoms with van der Waals surface area (Å²) in [5.41, 5.74) is 4.22. The molecule has 0 radical (unpaired) electrons. The first-order valence-corrected chi connectivity index (χ1v) is 9.58. The van der Waals surface area contributed by atoms with Gasteiger partial charge >= 0.3 is 0 Å². The fourth-order valence-electron chi connectivity index (χ4n) is 3.28. The second-order valence-corrected chi connectivity index (χ2v) is 6.98. The van der Waals surface area contributed by atoms with Crippen molar-refractivity contribution in [2.75, 3.05) is 6.61 Å². The largest absolute Gasteiger partial charge is 0.492 e. The van der Waals surface area contributed by atoms with Crippen LogP contribution in [-0.4, -0.2) is 27.9 Å². The van der Waals surface area contributed by atoms with Gasteiger partial charge in [-0.3, -0.25) is 10.1 Å². The number of hydrogen-bond donors (Lipinski definition) is 1. The Kier molecular flexibility index (Phi) is 5.16. The zero-order valence-electron chi connectivity index (χ0n) is 16.6. The van der Waals surface area contributed by atoms with Gasteiger partial charge in [-0.05, 0) is 56.7 Å². The van der Waals surface area contributed by atoms with Crippen LogP contribution in [-0.2, 0) is 0 Å². The Morgan fingerprint density at radius 3 is 2.69 bits per heavy atom. The Bertz CT molecular complexity index is 1150. The molecule has 148 valence electrons. The summed E-state index contributed by atoms with van der Waals surface area (Å²) < 4.78 is 25.5. The van der Waals surface area contributed by atoms with Crippen molar-refractivity contribution in [3.63, 3.8) is 0 Å². The van der Waals surface area contributed by atoms with Crippen LogP contribution in [0, 0.1) is 5.82 Å². The highest BCUT2D eigenvalue weighted by Crippen LogP contribution is 2.39. The third-order valence-electron chi connectivity index (χ3n) is 4.49. The fourth-order valence-corrected chi connectivity index (χ4v) is 3.28. The summed E-state index contributed by atoms with van der Waals surface area (Å²) in [5, 5.41) is 8.05. The van der Waals surface area contributed by atoms with Gasteiger partial charge < -0.3 is 9.47 Å². The van der Waals surface area contributed by atoms with E-state index in [4.69, 9.17) is 9.47 Å². The van der Waals surface area contributed by atoms with Gasteiger partial charge in [-0.2, -0.15) is 5.10 Å². The molecule has 0 aliphatic carbocycles. The van der Waals surface area contributed by atoms with Crippen LogP contribution in [0.4, 0.5) is 4.39 Å². The maximum absolute atomic E-state index is 13.9. The number of pyridine rings is 1. The summed E-state index contributed by atoms with van der Waals surface area (Å²) in [6.45, 7) is 6.29. The van der Waals surface area contributed by atoms with E-state index in [9.17, 15) is 4.39 Å². The molecule has 4 aromatic rings. The fraction of sp³-hybridized carbons (Fsp3) is 0.217. The molecule has 0 unspecified atom stereocenters. The number of aromatic amines is 1. The van der Waals surface area contributed by atoms with Crippen molar-refractivity contribution in [3.8, 4) is 33.9 Å². The minimum atomic E-state index is -0.350. The number of ether oxygens (including phenoxy) is 2. The number of nitrogens with one attached hydrogen (secondary N) is 1. The second-order valence-electron chi connectivity index (χ2n) is 6.98. The molecule has 0 fully saturated rings. The quantitative estimate of drug-likeness (QED) is 0.464. The first kappa shape index (κ1) is 18.9. The molecule has 0 bridgehead atoms. The van der Waals surface area contributed by atoms with Crippen LogP contribution >= 0.6 is 0 Å². The van der Waals surface area contributed by atoms with Crippen molar-refractivity contribution < 1.29 is 13.9 Å². The number of nitrogens with zero attached hydrogens (tertiary/aromatic N) is 2. The maximum atomic E-state index is 13.9. The summed E-state index contributed by atoms with van der Waals surface area (Å²) in [7, 11) is 0. The molecule has 29 heavy (non-hydrogen) atoms. The molecule has 0 aliphatic rings. The number of aromatic nitrogens is 3. The van der Waals surface area contributed by atoms with Gasteiger partial charge in [-0.1, -0.05) is 6.07 Å². The van der Waals surface area contributed by atoms with E-state index in [1.807, 2.05) is 45.0 Å². The van der Waals surface area contributed by atoms with Crippen molar-refractivity contribution in [2.45, 2.75) is 26.9 Å². The lowest BCUT2D eigenvalue weighted by molar-refractivity contribution is 0.242. The molecule has 0 aliphatic heterocycles. The van der Waals surface area contributed by atoms with E-state index in [0.717, 1.165) is 27.6 Å². The van der Waals surface area contributed by atoms with Crippen LogP contribution in [0.5, 0.6) is 11.5 Å². The lowest BCUT2D eigenvalue weighted by Gasteiger charge is -2.17. The summed E-state index contributed by atoms with van der Waals surface area (Å²) in [6.07, 6.45) is 3.37. The average molecular weight is 391 g/mol. The predicted octanol–water partition coefficient (Wildman–Crippen LogP) is 5.62. The molecule has 4 rings (SSSR count). The SMILES string of the molecule is CCOc1cnc(-c2ccc(F)cc2OC(C)C)c(-c2ccc3[nH]ncc3c2)c1. The monoisotopic (exact) mass is 391 g/mol. The number of halogens is 1. The summed E-state index contributed by atoms with van der Waals surface area (Å²) in [5.74, 6) is 0.783. The van der Waals surface area contributed by atoms with E-state index in [1.165, 1.54) is 12.1 Å². The molecule has 0 atom stereocenters. The molecule has 1 N–H and O–H groups in total. The first-order valence-electron chi connectivity index (χ1n) is 9.58. The van der Waals surface area contributed by atoms with E-state index in [0.29, 0.717) is 23.8 Å². The molecule has 5 nitrogen and oxygen atoms in total. The number of H-pyrrole nitrogens is 1. The van der Waals surface area contributed by atoms with Crippen molar-refractivity contribution in [2.24, 2.45) is 0 Å². The lowest BCUT2D eigenvalue weighted by atomic mass is 9.97. The molecule has 2 heterocycles.